The van der Waals surface area contributed by atoms with Crippen molar-refractivity contribution in [1.29, 1.82) is 0 Å². The molecule has 3 nitrogen and oxygen atoms in total. The number of aromatic amines is 1. The number of rotatable bonds is 1. The summed E-state index contributed by atoms with van der Waals surface area (Å²) >= 11 is 0. The monoisotopic (exact) mass is 207 g/mol. The lowest BCUT2D eigenvalue weighted by molar-refractivity contribution is 0.686. The first-order chi connectivity index (χ1) is 6.68. The normalized spacial score (nSPS) is 12.9. The van der Waals surface area contributed by atoms with E-state index < -0.39 is 10.8 Å². The molecule has 2 rings (SSSR count). The van der Waals surface area contributed by atoms with Gasteiger partial charge in [-0.05, 0) is 17.5 Å². The van der Waals surface area contributed by atoms with E-state index in [0.29, 0.717) is 4.90 Å². The topological polar surface area (TPSA) is 49.9 Å². The van der Waals surface area contributed by atoms with Crippen LogP contribution < -0.4 is 5.56 Å². The van der Waals surface area contributed by atoms with Gasteiger partial charge in [0.05, 0.1) is 10.8 Å². The van der Waals surface area contributed by atoms with Crippen LogP contribution in [0.4, 0.5) is 0 Å². The standard InChI is InChI=1S/C10H9NO2S/c1-14(13)9-6-7-4-2-3-5-8(7)11-10(9)12/h2-6H,1H3,(H,11,12). The van der Waals surface area contributed by atoms with Crippen LogP contribution in [-0.2, 0) is 10.8 Å². The van der Waals surface area contributed by atoms with Gasteiger partial charge in [0, 0.05) is 11.8 Å². The minimum absolute atomic E-state index is 0.274. The molecule has 0 aliphatic carbocycles. The van der Waals surface area contributed by atoms with Crippen LogP contribution in [0.1, 0.15) is 0 Å². The van der Waals surface area contributed by atoms with E-state index in [2.05, 4.69) is 4.98 Å². The number of nitrogens with one attached hydrogen (secondary N) is 1. The van der Waals surface area contributed by atoms with E-state index in [9.17, 15) is 9.00 Å². The SMILES string of the molecule is CS(=O)c1cc2ccccc2[nH]c1=O. The summed E-state index contributed by atoms with van der Waals surface area (Å²) in [6, 6.07) is 9.09. The van der Waals surface area contributed by atoms with Crippen LogP contribution in [0.5, 0.6) is 0 Å². The van der Waals surface area contributed by atoms with Gasteiger partial charge in [0.2, 0.25) is 0 Å². The third-order valence-electron chi connectivity index (χ3n) is 2.03. The molecule has 72 valence electrons. The number of hydrogen-bond acceptors (Lipinski definition) is 2. The zero-order valence-corrected chi connectivity index (χ0v) is 8.43. The van der Waals surface area contributed by atoms with E-state index in [0.717, 1.165) is 10.9 Å². The quantitative estimate of drug-likeness (QED) is 0.765. The van der Waals surface area contributed by atoms with Crippen molar-refractivity contribution in [3.8, 4) is 0 Å². The Balaban J connectivity index is 2.84. The van der Waals surface area contributed by atoms with E-state index in [1.165, 1.54) is 6.26 Å². The lowest BCUT2D eigenvalue weighted by atomic mass is 10.2. The molecule has 14 heavy (non-hydrogen) atoms. The average Bonchev–Trinajstić information content (AvgIpc) is 2.16. The van der Waals surface area contributed by atoms with Crippen LogP contribution in [0.15, 0.2) is 40.0 Å². The Morgan fingerprint density at radius 2 is 2.00 bits per heavy atom. The van der Waals surface area contributed by atoms with Crippen molar-refractivity contribution in [2.24, 2.45) is 0 Å². The minimum atomic E-state index is -1.24. The van der Waals surface area contributed by atoms with E-state index in [-0.39, 0.29) is 5.56 Å². The fourth-order valence-electron chi connectivity index (χ4n) is 1.34. The van der Waals surface area contributed by atoms with Gasteiger partial charge in [0.25, 0.3) is 5.56 Å². The van der Waals surface area contributed by atoms with Crippen LogP contribution in [0, 0.1) is 0 Å². The van der Waals surface area contributed by atoms with Crippen molar-refractivity contribution in [1.82, 2.24) is 4.98 Å². The molecular weight excluding hydrogens is 198 g/mol. The van der Waals surface area contributed by atoms with Crippen LogP contribution >= 0.6 is 0 Å². The summed E-state index contributed by atoms with van der Waals surface area (Å²) in [5.74, 6) is 0. The molecule has 0 aliphatic heterocycles. The highest BCUT2D eigenvalue weighted by molar-refractivity contribution is 7.84. The second-order valence-electron chi connectivity index (χ2n) is 3.00. The summed E-state index contributed by atoms with van der Waals surface area (Å²) in [5, 5.41) is 0.900. The van der Waals surface area contributed by atoms with E-state index in [4.69, 9.17) is 0 Å². The lowest BCUT2D eigenvalue weighted by Gasteiger charge is -1.99. The number of benzene rings is 1. The zero-order chi connectivity index (χ0) is 10.1. The summed E-state index contributed by atoms with van der Waals surface area (Å²) < 4.78 is 11.2. The molecule has 1 aromatic heterocycles. The molecule has 1 atom stereocenters. The highest BCUT2D eigenvalue weighted by Crippen LogP contribution is 2.11. The van der Waals surface area contributed by atoms with Gasteiger partial charge in [0.15, 0.2) is 0 Å². The average molecular weight is 207 g/mol. The molecule has 0 radical (unpaired) electrons. The van der Waals surface area contributed by atoms with Crippen LogP contribution in [-0.4, -0.2) is 15.4 Å². The molecule has 0 fully saturated rings. The zero-order valence-electron chi connectivity index (χ0n) is 7.61. The highest BCUT2D eigenvalue weighted by atomic mass is 32.2. The summed E-state index contributed by atoms with van der Waals surface area (Å²) in [5.41, 5.74) is 0.497. The molecule has 1 heterocycles. The van der Waals surface area contributed by atoms with Crippen molar-refractivity contribution in [2.45, 2.75) is 4.90 Å². The predicted octanol–water partition coefficient (Wildman–Crippen LogP) is 1.27. The first kappa shape index (κ1) is 9.15. The van der Waals surface area contributed by atoms with E-state index in [1.54, 1.807) is 6.07 Å². The second-order valence-corrected chi connectivity index (χ2v) is 4.35. The molecule has 0 saturated heterocycles. The number of para-hydroxylation sites is 1. The van der Waals surface area contributed by atoms with Gasteiger partial charge in [-0.25, -0.2) is 0 Å². The Morgan fingerprint density at radius 3 is 2.71 bits per heavy atom. The van der Waals surface area contributed by atoms with Gasteiger partial charge in [-0.15, -0.1) is 0 Å². The number of aromatic nitrogens is 1. The highest BCUT2D eigenvalue weighted by Gasteiger charge is 2.04. The maximum Gasteiger partial charge on any atom is 0.264 e. The van der Waals surface area contributed by atoms with Crippen molar-refractivity contribution in [2.75, 3.05) is 6.26 Å². The molecule has 0 saturated carbocycles. The van der Waals surface area contributed by atoms with Crippen molar-refractivity contribution < 1.29 is 4.21 Å². The smallest absolute Gasteiger partial charge is 0.264 e. The molecule has 0 amide bonds. The second kappa shape index (κ2) is 3.38. The van der Waals surface area contributed by atoms with Gasteiger partial charge >= 0.3 is 0 Å². The van der Waals surface area contributed by atoms with Gasteiger partial charge in [-0.3, -0.25) is 9.00 Å². The van der Waals surface area contributed by atoms with Gasteiger partial charge in [-0.1, -0.05) is 18.2 Å². The molecule has 0 aliphatic rings. The predicted molar refractivity (Wildman–Crippen MR) is 56.9 cm³/mol. The van der Waals surface area contributed by atoms with Gasteiger partial charge < -0.3 is 4.98 Å². The number of hydrogen-bond donors (Lipinski definition) is 1. The number of fused-ring (bicyclic) bond motifs is 1. The van der Waals surface area contributed by atoms with E-state index in [1.807, 2.05) is 24.3 Å². The molecular formula is C10H9NO2S. The van der Waals surface area contributed by atoms with Gasteiger partial charge in [-0.2, -0.15) is 0 Å². The summed E-state index contributed by atoms with van der Waals surface area (Å²) in [6.07, 6.45) is 1.50. The largest absolute Gasteiger partial charge is 0.321 e. The maximum absolute atomic E-state index is 11.4. The fourth-order valence-corrected chi connectivity index (χ4v) is 1.95. The third kappa shape index (κ3) is 1.48. The lowest BCUT2D eigenvalue weighted by Crippen LogP contribution is -2.12. The van der Waals surface area contributed by atoms with E-state index >= 15 is 0 Å². The van der Waals surface area contributed by atoms with Crippen LogP contribution in [0.3, 0.4) is 0 Å². The van der Waals surface area contributed by atoms with Gasteiger partial charge in [0.1, 0.15) is 4.90 Å². The molecule has 2 aromatic rings. The molecule has 1 N–H and O–H groups in total. The first-order valence-corrected chi connectivity index (χ1v) is 5.70. The van der Waals surface area contributed by atoms with Crippen LogP contribution in [0.2, 0.25) is 0 Å². The van der Waals surface area contributed by atoms with Crippen molar-refractivity contribution in [3.05, 3.63) is 40.7 Å². The Kier molecular flexibility index (Phi) is 2.21. The van der Waals surface area contributed by atoms with Crippen molar-refractivity contribution in [3.63, 3.8) is 0 Å². The molecule has 1 unspecified atom stereocenters. The molecule has 4 heteroatoms. The Labute approximate surface area is 83.2 Å². The van der Waals surface area contributed by atoms with Crippen LogP contribution in [0.25, 0.3) is 10.9 Å². The summed E-state index contributed by atoms with van der Waals surface area (Å²) in [4.78, 5) is 14.4. The third-order valence-corrected chi connectivity index (χ3v) is 2.95. The van der Waals surface area contributed by atoms with Crippen molar-refractivity contribution >= 4 is 21.7 Å². The molecule has 1 aromatic carbocycles. The molecule has 0 spiro atoms. The molecule has 0 bridgehead atoms. The number of pyridine rings is 1. The summed E-state index contributed by atoms with van der Waals surface area (Å²) in [6.45, 7) is 0. The first-order valence-electron chi connectivity index (χ1n) is 4.14. The Morgan fingerprint density at radius 1 is 1.29 bits per heavy atom. The maximum atomic E-state index is 11.4. The summed E-state index contributed by atoms with van der Waals surface area (Å²) in [7, 11) is -1.24. The Hall–Kier alpha value is -1.42. The fraction of sp³-hybridized carbons (Fsp3) is 0.100. The minimum Gasteiger partial charge on any atom is -0.321 e. The number of H-pyrrole nitrogens is 1. The Bertz CT molecular complexity index is 559.